The van der Waals surface area contributed by atoms with Crippen LogP contribution in [0.1, 0.15) is 95.9 Å². The summed E-state index contributed by atoms with van der Waals surface area (Å²) < 4.78 is 53.9. The van der Waals surface area contributed by atoms with Gasteiger partial charge in [-0.1, -0.05) is 58.4 Å². The van der Waals surface area contributed by atoms with Crippen LogP contribution in [-0.4, -0.2) is 112 Å². The van der Waals surface area contributed by atoms with Gasteiger partial charge in [0.05, 0.1) is 6.61 Å². The van der Waals surface area contributed by atoms with Crippen LogP contribution < -0.4 is 34.5 Å². The zero-order valence-corrected chi connectivity index (χ0v) is 41.3. The number of cyclic esters (lactones) is 2. The second kappa shape index (κ2) is 24.2. The van der Waals surface area contributed by atoms with Gasteiger partial charge in [0.15, 0.2) is 29.5 Å². The second-order valence-corrected chi connectivity index (χ2v) is 19.9. The molecule has 0 radical (unpaired) electrons. The number of ether oxygens (including phenoxy) is 2. The summed E-state index contributed by atoms with van der Waals surface area (Å²) in [6, 6.07) is 0. The number of ketones is 2. The largest absolute Gasteiger partial charge is 1.00 e. The second-order valence-electron chi connectivity index (χ2n) is 16.4. The molecule has 0 spiro atoms. The first-order chi connectivity index (χ1) is 27.9. The van der Waals surface area contributed by atoms with E-state index in [1.54, 1.807) is 13.8 Å². The van der Waals surface area contributed by atoms with Crippen molar-refractivity contribution in [3.63, 3.8) is 0 Å². The number of phosphoric acid groups is 1. The molecule has 352 valence electrons. The Kier molecular flexibility index (Phi) is 23.1. The van der Waals surface area contributed by atoms with Crippen molar-refractivity contribution in [2.75, 3.05) is 27.4 Å². The van der Waals surface area contributed by atoms with E-state index in [1.807, 2.05) is 67.5 Å². The number of phosphoric ester groups is 1. The first kappa shape index (κ1) is 60.3. The smallest absolute Gasteiger partial charge is 0.756 e. The molecule has 7 atom stereocenters. The fraction of sp³-hybridized carbons (Fsp3) is 0.610. The number of hydrogen-bond donors (Lipinski definition) is 6. The molecule has 0 bridgehead atoms. The van der Waals surface area contributed by atoms with Crippen LogP contribution in [0.2, 0.25) is 0 Å². The number of esters is 2. The van der Waals surface area contributed by atoms with Crippen LogP contribution in [-0.2, 0) is 55.9 Å². The van der Waals surface area contributed by atoms with Gasteiger partial charge in [0.1, 0.15) is 23.6 Å². The standard InChI is InChI=1S/C20H29O9P.C14H23O5P.C6H8O5.CH4.Na/c1-10(2)7-12-11(3)15(23)14(8-20(12,4)5)29-30(26,27-6)18-16(24)19(25)28-17(18)13(22)9-21;1-9(2)7-11-10(3)13(15)12(8-14(11,4)5)19-20(16,17)18-6;7-2-1-3-4(8)5(9)6(10)11-3;;/h7,13-14,17,21-22,24H,8-9H2,1-6H3;7,12H,8H2,1-6H3,(H,16,17);3,7-9H,1-2H2;1H4;/q;;;;+1/p-1/t13-,14?,17+,30?;;3-;;/m0.1../s1. The van der Waals surface area contributed by atoms with Crippen LogP contribution in [0.5, 0.6) is 0 Å². The van der Waals surface area contributed by atoms with Gasteiger partial charge in [-0.2, -0.15) is 0 Å². The third-order valence-corrected chi connectivity index (χ3v) is 13.0. The summed E-state index contributed by atoms with van der Waals surface area (Å²) in [5.74, 6) is -5.17. The maximum Gasteiger partial charge on any atom is 1.00 e. The van der Waals surface area contributed by atoms with Gasteiger partial charge in [-0.05, 0) is 87.5 Å². The molecular formula is C41H63NaO19P2. The maximum atomic E-state index is 13.5. The molecule has 6 N–H and O–H groups in total. The van der Waals surface area contributed by atoms with Crippen molar-refractivity contribution in [1.82, 2.24) is 0 Å². The summed E-state index contributed by atoms with van der Waals surface area (Å²) >= 11 is 0. The quantitative estimate of drug-likeness (QED) is 0.0878. The number of hydrogen-bond acceptors (Lipinski definition) is 19. The van der Waals surface area contributed by atoms with E-state index in [1.165, 1.54) is 0 Å². The van der Waals surface area contributed by atoms with Gasteiger partial charge in [-0.15, -0.1) is 0 Å². The molecule has 2 aliphatic carbocycles. The van der Waals surface area contributed by atoms with Crippen molar-refractivity contribution in [3.05, 3.63) is 68.2 Å². The third-order valence-electron chi connectivity index (χ3n) is 9.99. The molecule has 0 aromatic rings. The Morgan fingerprint density at radius 2 is 1.22 bits per heavy atom. The molecule has 0 amide bonds. The number of allylic oxidation sites excluding steroid dienone is 6. The van der Waals surface area contributed by atoms with Gasteiger partial charge in [0.2, 0.25) is 11.5 Å². The number of rotatable bonds is 13. The molecule has 0 aromatic carbocycles. The fourth-order valence-electron chi connectivity index (χ4n) is 6.93. The van der Waals surface area contributed by atoms with E-state index < -0.39 is 98.3 Å². The zero-order valence-electron chi connectivity index (χ0n) is 37.5. The Hall–Kier alpha value is -2.74. The first-order valence-corrected chi connectivity index (χ1v) is 22.0. The van der Waals surface area contributed by atoms with Crippen molar-refractivity contribution in [2.45, 2.75) is 126 Å². The molecule has 63 heavy (non-hydrogen) atoms. The Bertz CT molecular complexity index is 2020. The van der Waals surface area contributed by atoms with E-state index in [2.05, 4.69) is 9.26 Å². The molecule has 19 nitrogen and oxygen atoms in total. The molecule has 22 heteroatoms. The fourth-order valence-corrected chi connectivity index (χ4v) is 9.29. The van der Waals surface area contributed by atoms with Crippen LogP contribution in [0.15, 0.2) is 68.2 Å². The minimum Gasteiger partial charge on any atom is -0.756 e. The van der Waals surface area contributed by atoms with Crippen LogP contribution in [0.3, 0.4) is 0 Å². The monoisotopic (exact) mass is 944 g/mol. The van der Waals surface area contributed by atoms with Gasteiger partial charge >= 0.3 is 49.1 Å². The molecule has 4 rings (SSSR count). The number of aliphatic hydroxyl groups excluding tert-OH is 6. The van der Waals surface area contributed by atoms with Crippen molar-refractivity contribution >= 4 is 38.9 Å². The predicted octanol–water partition coefficient (Wildman–Crippen LogP) is 2.57. The Labute approximate surface area is 391 Å². The van der Waals surface area contributed by atoms with Gasteiger partial charge in [0.25, 0.3) is 7.82 Å². The molecule has 2 heterocycles. The molecule has 0 aromatic heterocycles. The van der Waals surface area contributed by atoms with Crippen molar-refractivity contribution in [3.8, 4) is 0 Å². The normalized spacial score (nSPS) is 25.1. The molecule has 4 aliphatic rings. The van der Waals surface area contributed by atoms with E-state index in [0.717, 1.165) is 36.5 Å². The average molecular weight is 945 g/mol. The topological polar surface area (TPSA) is 302 Å². The number of aliphatic hydroxyl groups is 6. The molecule has 0 fully saturated rings. The van der Waals surface area contributed by atoms with Crippen LogP contribution in [0.25, 0.3) is 0 Å². The zero-order chi connectivity index (χ0) is 47.2. The predicted molar refractivity (Wildman–Crippen MR) is 223 cm³/mol. The van der Waals surface area contributed by atoms with Gasteiger partial charge in [-0.3, -0.25) is 23.2 Å². The summed E-state index contributed by atoms with van der Waals surface area (Å²) in [6.45, 7) is 17.8. The van der Waals surface area contributed by atoms with Crippen molar-refractivity contribution in [2.24, 2.45) is 10.8 Å². The molecule has 0 saturated carbocycles. The van der Waals surface area contributed by atoms with Crippen LogP contribution in [0.4, 0.5) is 0 Å². The van der Waals surface area contributed by atoms with Crippen LogP contribution in [0, 0.1) is 10.8 Å². The molecule has 4 unspecified atom stereocenters. The minimum absolute atomic E-state index is 0. The van der Waals surface area contributed by atoms with E-state index >= 15 is 0 Å². The summed E-state index contributed by atoms with van der Waals surface area (Å²) in [6.07, 6.45) is -1.90. The Morgan fingerprint density at radius 1 is 0.794 bits per heavy atom. The van der Waals surface area contributed by atoms with Crippen LogP contribution >= 0.6 is 15.4 Å². The van der Waals surface area contributed by atoms with Gasteiger partial charge in [-0.25, -0.2) is 9.59 Å². The van der Waals surface area contributed by atoms with E-state index in [9.17, 15) is 48.5 Å². The van der Waals surface area contributed by atoms with E-state index in [0.29, 0.717) is 17.6 Å². The Balaban J connectivity index is 0.00000100. The number of carbonyl (C=O) groups is 4. The molecule has 2 aliphatic heterocycles. The SMILES string of the molecule is C.COP(=O)(OC1CC(C)(C)C(C=C(C)C)=C(C)C1=O)C1=C(O)C(=O)O[C@@H]1[C@@H](O)CO.COP(=O)([O-])OC1CC(C)(C)C(C=C(C)C)=C(C)C1=O.O=C1O[C@H](CCO)C(O)=C1O.[Na+]. The molecular weight excluding hydrogens is 881 g/mol. The maximum absolute atomic E-state index is 13.5. The third kappa shape index (κ3) is 14.9. The summed E-state index contributed by atoms with van der Waals surface area (Å²) in [5, 5.41) is 54.7. The number of Topliss-reactive ketones (excluding diaryl/α,β-unsaturated/α-hetero) is 2. The summed E-state index contributed by atoms with van der Waals surface area (Å²) in [5.41, 5.74) is 4.03. The van der Waals surface area contributed by atoms with Crippen molar-refractivity contribution < 1.29 is 121 Å². The molecule has 0 saturated heterocycles. The van der Waals surface area contributed by atoms with E-state index in [-0.39, 0.29) is 67.6 Å². The average Bonchev–Trinajstić information content (AvgIpc) is 3.61. The first-order valence-electron chi connectivity index (χ1n) is 19.0. The minimum atomic E-state index is -4.45. The van der Waals surface area contributed by atoms with Gasteiger partial charge < -0.3 is 58.6 Å². The number of carbonyl (C=O) groups excluding carboxylic acids is 4. The van der Waals surface area contributed by atoms with Crippen molar-refractivity contribution in [1.29, 1.82) is 0 Å². The summed E-state index contributed by atoms with van der Waals surface area (Å²) in [7, 11) is -6.82. The Morgan fingerprint density at radius 3 is 1.57 bits per heavy atom. The van der Waals surface area contributed by atoms with Gasteiger partial charge in [0, 0.05) is 27.2 Å². The van der Waals surface area contributed by atoms with E-state index in [4.69, 9.17) is 33.6 Å². The summed E-state index contributed by atoms with van der Waals surface area (Å²) in [4.78, 5) is 58.9.